The highest BCUT2D eigenvalue weighted by Gasteiger charge is 2.44. The smallest absolute Gasteiger partial charge is 0.209 e. The molecule has 1 aromatic carbocycles. The Morgan fingerprint density at radius 2 is 1.79 bits per heavy atom. The number of rotatable bonds is 4. The van der Waals surface area contributed by atoms with Crippen LogP contribution in [0, 0.1) is 11.5 Å². The first-order valence-electron chi connectivity index (χ1n) is 12.7. The van der Waals surface area contributed by atoms with Crippen molar-refractivity contribution >= 4 is 27.3 Å². The van der Waals surface area contributed by atoms with Crippen LogP contribution in [0.4, 0.5) is 5.82 Å². The summed E-state index contributed by atoms with van der Waals surface area (Å²) in [5.74, 6) is 0.0872. The molecular formula is C27H27N9O2S. The first-order valence-corrected chi connectivity index (χ1v) is 14.5. The van der Waals surface area contributed by atoms with Crippen molar-refractivity contribution in [2.75, 3.05) is 12.0 Å². The Hall–Kier alpha value is -4.50. The van der Waals surface area contributed by atoms with Gasteiger partial charge in [-0.25, -0.2) is 13.4 Å². The Morgan fingerprint density at radius 1 is 1.08 bits per heavy atom. The van der Waals surface area contributed by atoms with Crippen molar-refractivity contribution < 1.29 is 8.42 Å². The van der Waals surface area contributed by atoms with Crippen molar-refractivity contribution in [3.05, 3.63) is 60.6 Å². The normalized spacial score (nSPS) is 21.3. The van der Waals surface area contributed by atoms with E-state index in [1.807, 2.05) is 47.4 Å². The Morgan fingerprint density at radius 3 is 2.41 bits per heavy atom. The molecule has 6 rings (SSSR count). The Labute approximate surface area is 225 Å². The lowest BCUT2D eigenvalue weighted by atomic mass is 9.88. The lowest BCUT2D eigenvalue weighted by molar-refractivity contribution is 0.209. The summed E-state index contributed by atoms with van der Waals surface area (Å²) in [6, 6.07) is 13.8. The molecule has 5 heterocycles. The van der Waals surface area contributed by atoms with Crippen LogP contribution in [-0.2, 0) is 9.84 Å². The summed E-state index contributed by atoms with van der Waals surface area (Å²) in [6.07, 6.45) is 9.32. The summed E-state index contributed by atoms with van der Waals surface area (Å²) in [5, 5.41) is 13.4. The topological polar surface area (TPSA) is 169 Å². The predicted molar refractivity (Wildman–Crippen MR) is 147 cm³/mol. The predicted octanol–water partition coefficient (Wildman–Crippen LogP) is 2.95. The number of hydrogen-bond acceptors (Lipinski definition) is 8. The molecule has 12 heteroatoms. The SMILES string of the molecule is CS(=O)(=O)c1c(C2CC3CCC(C2)N3/C(N)=N/C#N)nc2c(-c3ccc(-c4ccccc4)nc3)cnn2c1N. The second-order valence-corrected chi connectivity index (χ2v) is 12.1. The highest BCUT2D eigenvalue weighted by atomic mass is 32.2. The van der Waals surface area contributed by atoms with Gasteiger partial charge in [0, 0.05) is 47.1 Å². The number of guanidine groups is 1. The zero-order valence-corrected chi connectivity index (χ0v) is 22.1. The lowest BCUT2D eigenvalue weighted by Crippen LogP contribution is -2.49. The summed E-state index contributed by atoms with van der Waals surface area (Å²) in [5.41, 5.74) is 16.8. The fraction of sp³-hybridized carbons (Fsp3) is 0.296. The highest BCUT2D eigenvalue weighted by molar-refractivity contribution is 7.91. The summed E-state index contributed by atoms with van der Waals surface area (Å²) >= 11 is 0. The highest BCUT2D eigenvalue weighted by Crippen LogP contribution is 2.45. The van der Waals surface area contributed by atoms with Crippen molar-refractivity contribution in [3.8, 4) is 28.6 Å². The molecule has 4 aromatic rings. The van der Waals surface area contributed by atoms with Gasteiger partial charge < -0.3 is 16.4 Å². The minimum atomic E-state index is -3.72. The molecule has 2 unspecified atom stereocenters. The van der Waals surface area contributed by atoms with E-state index in [0.717, 1.165) is 35.9 Å². The van der Waals surface area contributed by atoms with E-state index >= 15 is 0 Å². The summed E-state index contributed by atoms with van der Waals surface area (Å²) in [6.45, 7) is 0. The van der Waals surface area contributed by atoms with Crippen LogP contribution in [-0.4, -0.2) is 57.2 Å². The van der Waals surface area contributed by atoms with Gasteiger partial charge in [0.25, 0.3) is 0 Å². The molecule has 2 atom stereocenters. The summed E-state index contributed by atoms with van der Waals surface area (Å²) in [7, 11) is -3.72. The van der Waals surface area contributed by atoms with Crippen LogP contribution in [0.3, 0.4) is 0 Å². The molecule has 2 bridgehead atoms. The number of nitrogens with zero attached hydrogens (tertiary/aromatic N) is 7. The molecule has 0 saturated carbocycles. The number of piperidine rings is 1. The minimum absolute atomic E-state index is 0.0127. The van der Waals surface area contributed by atoms with Crippen LogP contribution in [0.15, 0.2) is 64.7 Å². The second-order valence-electron chi connectivity index (χ2n) is 10.1. The molecule has 2 fully saturated rings. The van der Waals surface area contributed by atoms with Crippen LogP contribution in [0.1, 0.15) is 37.3 Å². The van der Waals surface area contributed by atoms with E-state index in [1.165, 1.54) is 4.52 Å². The zero-order chi connectivity index (χ0) is 27.3. The van der Waals surface area contributed by atoms with Gasteiger partial charge in [0.2, 0.25) is 12.2 Å². The maximum Gasteiger partial charge on any atom is 0.209 e. The molecule has 0 amide bonds. The molecule has 0 aliphatic carbocycles. The fourth-order valence-corrected chi connectivity index (χ4v) is 7.15. The van der Waals surface area contributed by atoms with Gasteiger partial charge in [0.15, 0.2) is 15.5 Å². The monoisotopic (exact) mass is 541 g/mol. The number of nitrogen functional groups attached to an aromatic ring is 1. The van der Waals surface area contributed by atoms with Gasteiger partial charge in [-0.2, -0.15) is 14.9 Å². The molecule has 39 heavy (non-hydrogen) atoms. The first kappa shape index (κ1) is 24.8. The third-order valence-corrected chi connectivity index (χ3v) is 8.89. The van der Waals surface area contributed by atoms with E-state index < -0.39 is 9.84 Å². The average molecular weight is 542 g/mol. The van der Waals surface area contributed by atoms with Crippen molar-refractivity contribution in [2.45, 2.75) is 48.6 Å². The molecule has 11 nitrogen and oxygen atoms in total. The molecule has 2 saturated heterocycles. The third-order valence-electron chi connectivity index (χ3n) is 7.73. The number of benzene rings is 1. The van der Waals surface area contributed by atoms with Crippen LogP contribution in [0.5, 0.6) is 0 Å². The second kappa shape index (κ2) is 9.36. The first-order chi connectivity index (χ1) is 18.8. The van der Waals surface area contributed by atoms with Gasteiger partial charge in [-0.05, 0) is 31.7 Å². The van der Waals surface area contributed by atoms with E-state index in [9.17, 15) is 8.42 Å². The van der Waals surface area contributed by atoms with Gasteiger partial charge in [0.1, 0.15) is 10.7 Å². The minimum Gasteiger partial charge on any atom is -0.382 e. The van der Waals surface area contributed by atoms with Gasteiger partial charge in [-0.3, -0.25) is 4.98 Å². The molecule has 198 valence electrons. The van der Waals surface area contributed by atoms with Crippen LogP contribution >= 0.6 is 0 Å². The largest absolute Gasteiger partial charge is 0.382 e. The Bertz CT molecular complexity index is 1730. The number of sulfone groups is 1. The van der Waals surface area contributed by atoms with Crippen molar-refractivity contribution in [3.63, 3.8) is 0 Å². The van der Waals surface area contributed by atoms with Gasteiger partial charge in [0.05, 0.1) is 17.6 Å². The molecule has 3 aromatic heterocycles. The van der Waals surface area contributed by atoms with Gasteiger partial charge >= 0.3 is 0 Å². The standard InChI is InChI=1S/C27H27N9O2S/c1-39(37,38)24-23(18-11-19-8-9-20(12-18)35(19)27(30)32-15-28)34-26-21(14-33-36(26)25(24)29)17-7-10-22(31-13-17)16-5-3-2-4-6-16/h2-7,10,13-14,18-20H,8-9,11-12,29H2,1H3,(H2,30,32). The number of nitriles is 1. The molecule has 2 aliphatic rings. The molecular weight excluding hydrogens is 514 g/mol. The quantitative estimate of drug-likeness (QED) is 0.224. The lowest BCUT2D eigenvalue weighted by Gasteiger charge is -2.39. The molecule has 0 radical (unpaired) electrons. The van der Waals surface area contributed by atoms with Crippen LogP contribution < -0.4 is 11.5 Å². The number of hydrogen-bond donors (Lipinski definition) is 2. The number of fused-ring (bicyclic) bond motifs is 3. The van der Waals surface area contributed by atoms with E-state index in [2.05, 4.69) is 15.1 Å². The maximum absolute atomic E-state index is 13.0. The van der Waals surface area contributed by atoms with Gasteiger partial charge in [-0.1, -0.05) is 36.4 Å². The average Bonchev–Trinajstić information content (AvgIpc) is 3.47. The van der Waals surface area contributed by atoms with E-state index in [4.69, 9.17) is 21.7 Å². The van der Waals surface area contributed by atoms with E-state index in [-0.39, 0.29) is 34.7 Å². The number of anilines is 1. The number of nitrogens with two attached hydrogens (primary N) is 2. The Balaban J connectivity index is 1.43. The van der Waals surface area contributed by atoms with Crippen molar-refractivity contribution in [1.29, 1.82) is 5.26 Å². The third kappa shape index (κ3) is 4.24. The molecule has 4 N–H and O–H groups in total. The number of aromatic nitrogens is 4. The zero-order valence-electron chi connectivity index (χ0n) is 21.3. The fourth-order valence-electron chi connectivity index (χ4n) is 6.09. The molecule has 0 spiro atoms. The van der Waals surface area contributed by atoms with E-state index in [0.29, 0.717) is 29.7 Å². The maximum atomic E-state index is 13.0. The number of pyridine rings is 1. The van der Waals surface area contributed by atoms with E-state index in [1.54, 1.807) is 18.6 Å². The Kier molecular flexibility index (Phi) is 5.95. The molecule has 2 aliphatic heterocycles. The van der Waals surface area contributed by atoms with Gasteiger partial charge in [-0.15, -0.1) is 4.99 Å². The van der Waals surface area contributed by atoms with Crippen molar-refractivity contribution in [1.82, 2.24) is 24.5 Å². The van der Waals surface area contributed by atoms with Crippen molar-refractivity contribution in [2.24, 2.45) is 10.7 Å². The summed E-state index contributed by atoms with van der Waals surface area (Å²) < 4.78 is 27.4. The number of aliphatic imine (C=N–C) groups is 1. The summed E-state index contributed by atoms with van der Waals surface area (Å²) in [4.78, 5) is 15.3. The van der Waals surface area contributed by atoms with Crippen LogP contribution in [0.2, 0.25) is 0 Å². The van der Waals surface area contributed by atoms with Crippen LogP contribution in [0.25, 0.3) is 28.0 Å².